The van der Waals surface area contributed by atoms with Crippen molar-refractivity contribution in [3.05, 3.63) is 47.8 Å². The minimum Gasteiger partial charge on any atom is -0.415 e. The lowest BCUT2D eigenvalue weighted by molar-refractivity contribution is 0.195. The highest BCUT2D eigenvalue weighted by molar-refractivity contribution is 6.71. The predicted octanol–water partition coefficient (Wildman–Crippen LogP) is 10.3. The van der Waals surface area contributed by atoms with Crippen molar-refractivity contribution in [2.24, 2.45) is 0 Å². The molecule has 0 aliphatic rings. The molecule has 2 aromatic rings. The molecule has 0 N–H and O–H groups in total. The lowest BCUT2D eigenvalue weighted by Crippen LogP contribution is -2.34. The lowest BCUT2D eigenvalue weighted by Gasteiger charge is -2.27. The summed E-state index contributed by atoms with van der Waals surface area (Å²) < 4.78 is 6.43. The number of aryl methyl sites for hydroxylation is 2. The molecule has 0 saturated carbocycles. The van der Waals surface area contributed by atoms with Crippen molar-refractivity contribution in [3.63, 3.8) is 0 Å². The van der Waals surface area contributed by atoms with E-state index in [4.69, 9.17) is 4.43 Å². The van der Waals surface area contributed by atoms with Crippen LogP contribution >= 0.6 is 0 Å². The van der Waals surface area contributed by atoms with Gasteiger partial charge in [0.15, 0.2) is 14.1 Å². The van der Waals surface area contributed by atoms with Crippen LogP contribution in [0.4, 0.5) is 0 Å². The average Bonchev–Trinajstić information content (AvgIpc) is 2.89. The van der Waals surface area contributed by atoms with Gasteiger partial charge < -0.3 is 4.43 Å². The molecule has 1 unspecified atom stereocenters. The first-order valence-electron chi connectivity index (χ1n) is 15.5. The van der Waals surface area contributed by atoms with E-state index in [-0.39, 0.29) is 0 Å². The predicted molar refractivity (Wildman–Crippen MR) is 164 cm³/mol. The summed E-state index contributed by atoms with van der Waals surface area (Å²) in [5.41, 5.74) is 3.79. The Morgan fingerprint density at radius 3 is 1.84 bits per heavy atom. The molecule has 4 heteroatoms. The van der Waals surface area contributed by atoms with Crippen LogP contribution in [0.15, 0.2) is 36.7 Å². The van der Waals surface area contributed by atoms with E-state index in [0.717, 1.165) is 17.8 Å². The Labute approximate surface area is 230 Å². The van der Waals surface area contributed by atoms with Gasteiger partial charge in [0.2, 0.25) is 0 Å². The minimum atomic E-state index is -1.48. The fourth-order valence-corrected chi connectivity index (χ4v) is 7.65. The average molecular weight is 525 g/mol. The molecule has 0 spiro atoms. The summed E-state index contributed by atoms with van der Waals surface area (Å²) in [6.45, 7) is 11.5. The molecule has 0 bridgehead atoms. The maximum absolute atomic E-state index is 6.43. The second kappa shape index (κ2) is 18.7. The molecule has 3 nitrogen and oxygen atoms in total. The van der Waals surface area contributed by atoms with Gasteiger partial charge in [0.05, 0.1) is 0 Å². The summed E-state index contributed by atoms with van der Waals surface area (Å²) in [7, 11) is -1.48. The van der Waals surface area contributed by atoms with Crippen molar-refractivity contribution < 1.29 is 4.43 Å². The maximum atomic E-state index is 6.43. The zero-order valence-corrected chi connectivity index (χ0v) is 25.9. The first-order valence-corrected chi connectivity index (χ1v) is 18.6. The van der Waals surface area contributed by atoms with Gasteiger partial charge in [-0.3, -0.25) is 0 Å². The summed E-state index contributed by atoms with van der Waals surface area (Å²) in [4.78, 5) is 9.32. The monoisotopic (exact) mass is 524 g/mol. The second-order valence-corrected chi connectivity index (χ2v) is 16.0. The SMILES string of the molecule is CCCCCCCCCCc1ccc(-c2ncc(CCCCCC(C)O[Si](C)(C)CCCC)cn2)cc1. The first kappa shape index (κ1) is 31.7. The number of nitrogens with zero attached hydrogens (tertiary/aromatic N) is 2. The van der Waals surface area contributed by atoms with E-state index < -0.39 is 8.32 Å². The number of hydrogen-bond donors (Lipinski definition) is 0. The molecule has 208 valence electrons. The fourth-order valence-electron chi connectivity index (χ4n) is 5.12. The standard InChI is InChI=1S/C33H56N2OSi/c1-6-8-10-11-12-13-14-17-20-30-22-24-32(25-23-30)33-34-27-31(28-35-33)21-18-15-16-19-29(3)36-37(4,5)26-9-7-2/h22-25,27-29H,6-21,26H2,1-5H3. The Morgan fingerprint density at radius 1 is 0.676 bits per heavy atom. The molecule has 0 radical (unpaired) electrons. The highest BCUT2D eigenvalue weighted by atomic mass is 28.4. The van der Waals surface area contributed by atoms with Crippen LogP contribution in [0.25, 0.3) is 11.4 Å². The molecule has 37 heavy (non-hydrogen) atoms. The number of rotatable bonds is 21. The normalized spacial score (nSPS) is 12.7. The first-order chi connectivity index (χ1) is 17.9. The Balaban J connectivity index is 1.62. The zero-order chi connectivity index (χ0) is 26.8. The summed E-state index contributed by atoms with van der Waals surface area (Å²) in [6.07, 6.45) is 25.1. The smallest absolute Gasteiger partial charge is 0.187 e. The van der Waals surface area contributed by atoms with Gasteiger partial charge in [-0.15, -0.1) is 0 Å². The molecule has 0 fully saturated rings. The van der Waals surface area contributed by atoms with Crippen LogP contribution in [0.1, 0.15) is 122 Å². The van der Waals surface area contributed by atoms with Crippen LogP contribution in [0.3, 0.4) is 0 Å². The molecule has 0 aliphatic carbocycles. The van der Waals surface area contributed by atoms with Gasteiger partial charge in [-0.05, 0) is 69.3 Å². The highest BCUT2D eigenvalue weighted by Crippen LogP contribution is 2.21. The summed E-state index contributed by atoms with van der Waals surface area (Å²) in [5, 5.41) is 0. The Morgan fingerprint density at radius 2 is 1.22 bits per heavy atom. The van der Waals surface area contributed by atoms with Crippen LogP contribution in [0, 0.1) is 0 Å². The topological polar surface area (TPSA) is 35.0 Å². The van der Waals surface area contributed by atoms with Gasteiger partial charge in [-0.25, -0.2) is 9.97 Å². The molecule has 0 amide bonds. The molecule has 2 rings (SSSR count). The van der Waals surface area contributed by atoms with Gasteiger partial charge in [0.25, 0.3) is 0 Å². The van der Waals surface area contributed by atoms with E-state index in [1.165, 1.54) is 113 Å². The van der Waals surface area contributed by atoms with E-state index in [0.29, 0.717) is 6.10 Å². The van der Waals surface area contributed by atoms with Crippen molar-refractivity contribution in [2.75, 3.05) is 0 Å². The molecule has 0 aliphatic heterocycles. The summed E-state index contributed by atoms with van der Waals surface area (Å²) >= 11 is 0. The third-order valence-electron chi connectivity index (χ3n) is 7.47. The lowest BCUT2D eigenvalue weighted by atomic mass is 10.0. The Kier molecular flexibility index (Phi) is 16.0. The largest absolute Gasteiger partial charge is 0.415 e. The molecule has 1 heterocycles. The third-order valence-corrected chi connectivity index (χ3v) is 10.1. The maximum Gasteiger partial charge on any atom is 0.187 e. The Bertz CT molecular complexity index is 819. The van der Waals surface area contributed by atoms with Gasteiger partial charge in [0, 0.05) is 24.1 Å². The summed E-state index contributed by atoms with van der Waals surface area (Å²) in [5.74, 6) is 0.836. The van der Waals surface area contributed by atoms with Gasteiger partial charge >= 0.3 is 0 Å². The molecular weight excluding hydrogens is 468 g/mol. The van der Waals surface area contributed by atoms with Crippen LogP contribution in [0.5, 0.6) is 0 Å². The fraction of sp³-hybridized carbons (Fsp3) is 0.697. The van der Waals surface area contributed by atoms with E-state index in [1.54, 1.807) is 0 Å². The highest BCUT2D eigenvalue weighted by Gasteiger charge is 2.23. The molecule has 1 aromatic heterocycles. The molecular formula is C33H56N2OSi. The van der Waals surface area contributed by atoms with Gasteiger partial charge in [0.1, 0.15) is 0 Å². The summed E-state index contributed by atoms with van der Waals surface area (Å²) in [6, 6.07) is 10.2. The molecule has 0 saturated heterocycles. The van der Waals surface area contributed by atoms with Crippen LogP contribution < -0.4 is 0 Å². The van der Waals surface area contributed by atoms with Crippen molar-refractivity contribution in [1.29, 1.82) is 0 Å². The quantitative estimate of drug-likeness (QED) is 0.120. The third kappa shape index (κ3) is 14.3. The molecule has 1 atom stereocenters. The van der Waals surface area contributed by atoms with Crippen LogP contribution in [-0.2, 0) is 17.3 Å². The van der Waals surface area contributed by atoms with Crippen molar-refractivity contribution in [2.45, 2.75) is 149 Å². The zero-order valence-electron chi connectivity index (χ0n) is 24.9. The van der Waals surface area contributed by atoms with E-state index in [1.807, 2.05) is 12.4 Å². The second-order valence-electron chi connectivity index (χ2n) is 11.7. The van der Waals surface area contributed by atoms with Crippen molar-refractivity contribution in [1.82, 2.24) is 9.97 Å². The van der Waals surface area contributed by atoms with E-state index in [9.17, 15) is 0 Å². The number of hydrogen-bond acceptors (Lipinski definition) is 3. The van der Waals surface area contributed by atoms with Crippen molar-refractivity contribution >= 4 is 8.32 Å². The number of unbranched alkanes of at least 4 members (excludes halogenated alkanes) is 10. The Hall–Kier alpha value is -1.52. The van der Waals surface area contributed by atoms with Gasteiger partial charge in [-0.2, -0.15) is 0 Å². The van der Waals surface area contributed by atoms with Gasteiger partial charge in [-0.1, -0.05) is 109 Å². The molecule has 1 aromatic carbocycles. The van der Waals surface area contributed by atoms with Crippen LogP contribution in [-0.4, -0.2) is 24.4 Å². The van der Waals surface area contributed by atoms with Crippen molar-refractivity contribution in [3.8, 4) is 11.4 Å². The van der Waals surface area contributed by atoms with E-state index in [2.05, 4.69) is 68.1 Å². The number of aromatic nitrogens is 2. The van der Waals surface area contributed by atoms with E-state index >= 15 is 0 Å². The number of benzene rings is 1. The minimum absolute atomic E-state index is 0.396. The van der Waals surface area contributed by atoms with Crippen LogP contribution in [0.2, 0.25) is 19.1 Å².